The van der Waals surface area contributed by atoms with E-state index < -0.39 is 5.69 Å². The van der Waals surface area contributed by atoms with Gasteiger partial charge in [-0.15, -0.1) is 0 Å². The number of methoxy groups -OCH3 is 1. The van der Waals surface area contributed by atoms with Gasteiger partial charge in [0.05, 0.1) is 19.3 Å². The number of fused-ring (bicyclic) bond motifs is 1. The van der Waals surface area contributed by atoms with E-state index in [1.807, 2.05) is 35.8 Å². The second-order valence-corrected chi connectivity index (χ2v) is 7.66. The third kappa shape index (κ3) is 3.43. The van der Waals surface area contributed by atoms with E-state index in [1.165, 1.54) is 9.13 Å². The zero-order valence-corrected chi connectivity index (χ0v) is 19.1. The summed E-state index contributed by atoms with van der Waals surface area (Å²) in [5, 5.41) is 4.69. The van der Waals surface area contributed by atoms with Crippen LogP contribution in [0, 0.1) is 0 Å². The molecule has 0 aliphatic rings. The summed E-state index contributed by atoms with van der Waals surface area (Å²) in [6.07, 6.45) is 1.58. The number of ether oxygens (including phenoxy) is 1. The first-order valence-corrected chi connectivity index (χ1v) is 10.8. The molecule has 0 fully saturated rings. The number of benzene rings is 1. The van der Waals surface area contributed by atoms with Gasteiger partial charge in [-0.2, -0.15) is 10.1 Å². The first kappa shape index (κ1) is 21.6. The van der Waals surface area contributed by atoms with Gasteiger partial charge in [-0.05, 0) is 43.5 Å². The number of hydrogen-bond donors (Lipinski definition) is 0. The molecule has 0 N–H and O–H groups in total. The van der Waals surface area contributed by atoms with Crippen molar-refractivity contribution in [3.8, 4) is 11.7 Å². The summed E-state index contributed by atoms with van der Waals surface area (Å²) in [6.45, 7) is 6.75. The van der Waals surface area contributed by atoms with E-state index in [1.54, 1.807) is 18.8 Å². The fourth-order valence-electron chi connectivity index (χ4n) is 3.95. The Labute approximate surface area is 185 Å². The lowest BCUT2D eigenvalue weighted by atomic mass is 10.2. The topological polar surface area (TPSA) is 88.9 Å². The number of aryl methyl sites for hydroxylation is 4. The Kier molecular flexibility index (Phi) is 5.73. The standard InChI is InChI=1S/C23H28N6O3/c1-6-16-13-17(7-2)29(25-16)22-24-20-19(27(22)8-3)21(30)28(23(31)26(20)4)14-15-9-11-18(32-5)12-10-15/h9-13H,6-8,14H2,1-5H3. The highest BCUT2D eigenvalue weighted by atomic mass is 16.5. The van der Waals surface area contributed by atoms with Crippen molar-refractivity contribution in [1.82, 2.24) is 28.5 Å². The van der Waals surface area contributed by atoms with Gasteiger partial charge in [-0.25, -0.2) is 9.48 Å². The van der Waals surface area contributed by atoms with Crippen LogP contribution >= 0.6 is 0 Å². The highest BCUT2D eigenvalue weighted by Crippen LogP contribution is 2.19. The van der Waals surface area contributed by atoms with Crippen molar-refractivity contribution in [2.24, 2.45) is 7.05 Å². The molecule has 0 saturated heterocycles. The summed E-state index contributed by atoms with van der Waals surface area (Å²) in [6, 6.07) is 9.38. The van der Waals surface area contributed by atoms with Crippen LogP contribution < -0.4 is 16.0 Å². The van der Waals surface area contributed by atoms with Gasteiger partial charge in [-0.3, -0.25) is 13.9 Å². The zero-order chi connectivity index (χ0) is 23.0. The van der Waals surface area contributed by atoms with Crippen LogP contribution in [0.2, 0.25) is 0 Å². The van der Waals surface area contributed by atoms with Gasteiger partial charge in [0, 0.05) is 19.3 Å². The Hall–Kier alpha value is -3.62. The van der Waals surface area contributed by atoms with E-state index in [-0.39, 0.29) is 12.1 Å². The summed E-state index contributed by atoms with van der Waals surface area (Å²) in [5.41, 5.74) is 2.79. The molecule has 0 spiro atoms. The molecule has 168 valence electrons. The lowest BCUT2D eigenvalue weighted by Gasteiger charge is -2.10. The summed E-state index contributed by atoms with van der Waals surface area (Å²) in [5.74, 6) is 1.27. The van der Waals surface area contributed by atoms with Crippen molar-refractivity contribution in [2.75, 3.05) is 7.11 Å². The van der Waals surface area contributed by atoms with Crippen LogP contribution in [0.1, 0.15) is 37.7 Å². The Morgan fingerprint density at radius 2 is 1.72 bits per heavy atom. The summed E-state index contributed by atoms with van der Waals surface area (Å²) in [7, 11) is 3.24. The smallest absolute Gasteiger partial charge is 0.332 e. The average molecular weight is 437 g/mol. The summed E-state index contributed by atoms with van der Waals surface area (Å²) in [4.78, 5) is 31.3. The monoisotopic (exact) mass is 436 g/mol. The van der Waals surface area contributed by atoms with Gasteiger partial charge in [0.1, 0.15) is 5.75 Å². The van der Waals surface area contributed by atoms with Crippen molar-refractivity contribution < 1.29 is 4.74 Å². The molecule has 4 aromatic rings. The van der Waals surface area contributed by atoms with Crippen LogP contribution in [0.4, 0.5) is 0 Å². The largest absolute Gasteiger partial charge is 0.497 e. The fraction of sp³-hybridized carbons (Fsp3) is 0.391. The first-order valence-electron chi connectivity index (χ1n) is 10.8. The third-order valence-corrected chi connectivity index (χ3v) is 5.78. The summed E-state index contributed by atoms with van der Waals surface area (Å²) >= 11 is 0. The van der Waals surface area contributed by atoms with E-state index in [9.17, 15) is 9.59 Å². The quantitative estimate of drug-likeness (QED) is 0.443. The molecule has 0 aliphatic carbocycles. The minimum Gasteiger partial charge on any atom is -0.497 e. The molecule has 4 rings (SSSR count). The molecule has 0 atom stereocenters. The van der Waals surface area contributed by atoms with Crippen LogP contribution in [0.15, 0.2) is 39.9 Å². The molecule has 0 amide bonds. The molecule has 32 heavy (non-hydrogen) atoms. The maximum Gasteiger partial charge on any atom is 0.332 e. The minimum absolute atomic E-state index is 0.164. The van der Waals surface area contributed by atoms with Gasteiger partial charge < -0.3 is 9.30 Å². The molecule has 3 heterocycles. The Bertz CT molecular complexity index is 1390. The molecule has 0 unspecified atom stereocenters. The van der Waals surface area contributed by atoms with Crippen molar-refractivity contribution in [3.05, 3.63) is 68.1 Å². The number of nitrogens with zero attached hydrogens (tertiary/aromatic N) is 6. The normalized spacial score (nSPS) is 11.4. The van der Waals surface area contributed by atoms with E-state index in [2.05, 4.69) is 25.0 Å². The molecule has 0 saturated carbocycles. The van der Waals surface area contributed by atoms with Gasteiger partial charge in [0.15, 0.2) is 11.2 Å². The Morgan fingerprint density at radius 3 is 2.31 bits per heavy atom. The number of imidazole rings is 1. The number of hydrogen-bond acceptors (Lipinski definition) is 5. The van der Waals surface area contributed by atoms with Gasteiger partial charge >= 0.3 is 5.69 Å². The van der Waals surface area contributed by atoms with Crippen molar-refractivity contribution in [3.63, 3.8) is 0 Å². The van der Waals surface area contributed by atoms with Crippen LogP contribution in [-0.4, -0.2) is 35.6 Å². The maximum atomic E-state index is 13.5. The molecule has 0 aliphatic heterocycles. The van der Waals surface area contributed by atoms with Crippen LogP contribution in [0.5, 0.6) is 5.75 Å². The van der Waals surface area contributed by atoms with Gasteiger partial charge in [-0.1, -0.05) is 26.0 Å². The lowest BCUT2D eigenvalue weighted by molar-refractivity contribution is 0.414. The minimum atomic E-state index is -0.406. The second kappa shape index (κ2) is 8.49. The molecule has 9 nitrogen and oxygen atoms in total. The van der Waals surface area contributed by atoms with Crippen LogP contribution in [-0.2, 0) is 33.0 Å². The number of rotatable bonds is 7. The molecule has 3 aromatic heterocycles. The number of aromatic nitrogens is 6. The van der Waals surface area contributed by atoms with Crippen molar-refractivity contribution >= 4 is 11.2 Å². The first-order chi connectivity index (χ1) is 15.4. The molecule has 0 bridgehead atoms. The molecular weight excluding hydrogens is 408 g/mol. The van der Waals surface area contributed by atoms with E-state index in [0.29, 0.717) is 23.7 Å². The van der Waals surface area contributed by atoms with E-state index in [4.69, 9.17) is 9.72 Å². The molecular formula is C23H28N6O3. The third-order valence-electron chi connectivity index (χ3n) is 5.78. The van der Waals surface area contributed by atoms with Crippen molar-refractivity contribution in [2.45, 2.75) is 46.7 Å². The van der Waals surface area contributed by atoms with E-state index in [0.717, 1.165) is 35.5 Å². The highest BCUT2D eigenvalue weighted by Gasteiger charge is 2.22. The highest BCUT2D eigenvalue weighted by molar-refractivity contribution is 5.72. The second-order valence-electron chi connectivity index (χ2n) is 7.66. The van der Waals surface area contributed by atoms with Gasteiger partial charge in [0.2, 0.25) is 5.95 Å². The molecule has 1 aromatic carbocycles. The predicted molar refractivity (Wildman–Crippen MR) is 123 cm³/mol. The zero-order valence-electron chi connectivity index (χ0n) is 19.1. The average Bonchev–Trinajstić information content (AvgIpc) is 3.41. The lowest BCUT2D eigenvalue weighted by Crippen LogP contribution is -2.39. The molecule has 0 radical (unpaired) electrons. The SMILES string of the molecule is CCc1cc(CC)n(-c2nc3c(c(=O)n(Cc4ccc(OC)cc4)c(=O)n3C)n2CC)n1. The Balaban J connectivity index is 1.94. The molecule has 9 heteroatoms. The predicted octanol–water partition coefficient (Wildman–Crippen LogP) is 2.28. The van der Waals surface area contributed by atoms with Crippen LogP contribution in [0.25, 0.3) is 17.1 Å². The summed E-state index contributed by atoms with van der Waals surface area (Å²) < 4.78 is 11.5. The van der Waals surface area contributed by atoms with E-state index >= 15 is 0 Å². The Morgan fingerprint density at radius 1 is 1.00 bits per heavy atom. The van der Waals surface area contributed by atoms with Crippen LogP contribution in [0.3, 0.4) is 0 Å². The van der Waals surface area contributed by atoms with Crippen molar-refractivity contribution in [1.29, 1.82) is 0 Å². The fourth-order valence-corrected chi connectivity index (χ4v) is 3.95. The van der Waals surface area contributed by atoms with Gasteiger partial charge in [0.25, 0.3) is 5.56 Å². The maximum absolute atomic E-state index is 13.5.